The summed E-state index contributed by atoms with van der Waals surface area (Å²) in [5.41, 5.74) is 1.65. The van der Waals surface area contributed by atoms with Gasteiger partial charge in [-0.05, 0) is 25.1 Å². The zero-order chi connectivity index (χ0) is 21.0. The number of hydrogen-bond acceptors (Lipinski definition) is 6. The van der Waals surface area contributed by atoms with Gasteiger partial charge in [0, 0.05) is 23.7 Å². The summed E-state index contributed by atoms with van der Waals surface area (Å²) >= 11 is 5.82. The fraction of sp³-hybridized carbons (Fsp3) is 0.150. The molecule has 0 atom stereocenters. The molecule has 0 unspecified atom stereocenters. The third kappa shape index (κ3) is 4.67. The van der Waals surface area contributed by atoms with Gasteiger partial charge in [0.1, 0.15) is 11.6 Å². The van der Waals surface area contributed by atoms with Crippen LogP contribution in [0, 0.1) is 17.0 Å². The van der Waals surface area contributed by atoms with Crippen LogP contribution in [0.4, 0.5) is 5.69 Å². The Morgan fingerprint density at radius 2 is 2.14 bits per heavy atom. The molecule has 0 fully saturated rings. The second-order valence-corrected chi connectivity index (χ2v) is 6.69. The molecule has 0 N–H and O–H groups in total. The van der Waals surface area contributed by atoms with Crippen molar-refractivity contribution in [2.75, 3.05) is 6.54 Å². The number of aryl methyl sites for hydroxylation is 1. The van der Waals surface area contributed by atoms with Crippen LogP contribution in [0.2, 0.25) is 5.02 Å². The van der Waals surface area contributed by atoms with Gasteiger partial charge < -0.3 is 9.42 Å². The molecule has 0 aliphatic carbocycles. The summed E-state index contributed by atoms with van der Waals surface area (Å²) in [5.74, 6) is 0.206. The van der Waals surface area contributed by atoms with Crippen molar-refractivity contribution in [1.29, 1.82) is 0 Å². The molecule has 0 radical (unpaired) electrons. The lowest BCUT2D eigenvalue weighted by Crippen LogP contribution is -2.30. The monoisotopic (exact) mass is 412 g/mol. The molecule has 8 nitrogen and oxygen atoms in total. The molecule has 148 valence electrons. The molecule has 0 aliphatic rings. The van der Waals surface area contributed by atoms with Crippen LogP contribution in [0.1, 0.15) is 21.8 Å². The SMILES string of the molecule is C=CCN(Cc1nc(-c2cccc(C)c2)no1)C(=O)c1ccc(Cl)c([N+](=O)[O-])c1. The van der Waals surface area contributed by atoms with Crippen LogP contribution in [0.15, 0.2) is 59.6 Å². The average molecular weight is 413 g/mol. The summed E-state index contributed by atoms with van der Waals surface area (Å²) in [6.07, 6.45) is 1.54. The molecule has 0 aliphatic heterocycles. The molecular formula is C20H17ClN4O4. The molecule has 9 heteroatoms. The van der Waals surface area contributed by atoms with Crippen LogP contribution in [0.5, 0.6) is 0 Å². The second-order valence-electron chi connectivity index (χ2n) is 6.28. The zero-order valence-corrected chi connectivity index (χ0v) is 16.3. The van der Waals surface area contributed by atoms with Gasteiger partial charge in [-0.2, -0.15) is 4.98 Å². The molecule has 0 spiro atoms. The van der Waals surface area contributed by atoms with Crippen LogP contribution in [0.3, 0.4) is 0 Å². The molecule has 3 rings (SSSR count). The van der Waals surface area contributed by atoms with E-state index in [9.17, 15) is 14.9 Å². The first kappa shape index (κ1) is 20.2. The highest BCUT2D eigenvalue weighted by Crippen LogP contribution is 2.26. The predicted molar refractivity (Wildman–Crippen MR) is 108 cm³/mol. The Labute approximate surface area is 171 Å². The summed E-state index contributed by atoms with van der Waals surface area (Å²) < 4.78 is 5.28. The van der Waals surface area contributed by atoms with E-state index < -0.39 is 10.8 Å². The molecule has 0 bridgehead atoms. The van der Waals surface area contributed by atoms with Crippen LogP contribution in [0.25, 0.3) is 11.4 Å². The van der Waals surface area contributed by atoms with Crippen molar-refractivity contribution in [2.45, 2.75) is 13.5 Å². The molecule has 1 amide bonds. The standard InChI is InChI=1S/C20H17ClN4O4/c1-3-9-24(20(26)15-7-8-16(21)17(11-15)25(27)28)12-18-22-19(23-29-18)14-6-4-5-13(2)10-14/h3-8,10-11H,1,9,12H2,2H3. The minimum atomic E-state index is -0.636. The maximum Gasteiger partial charge on any atom is 0.288 e. The summed E-state index contributed by atoms with van der Waals surface area (Å²) in [6, 6.07) is 11.5. The van der Waals surface area contributed by atoms with Gasteiger partial charge in [0.05, 0.1) is 4.92 Å². The molecular weight excluding hydrogens is 396 g/mol. The van der Waals surface area contributed by atoms with Crippen molar-refractivity contribution in [1.82, 2.24) is 15.0 Å². The number of halogens is 1. The van der Waals surface area contributed by atoms with E-state index in [1.54, 1.807) is 6.08 Å². The zero-order valence-electron chi connectivity index (χ0n) is 15.5. The van der Waals surface area contributed by atoms with Crippen LogP contribution >= 0.6 is 11.6 Å². The highest BCUT2D eigenvalue weighted by Gasteiger charge is 2.22. The van der Waals surface area contributed by atoms with Crippen molar-refractivity contribution in [3.63, 3.8) is 0 Å². The van der Waals surface area contributed by atoms with E-state index in [1.807, 2.05) is 31.2 Å². The first-order valence-electron chi connectivity index (χ1n) is 8.62. The van der Waals surface area contributed by atoms with Gasteiger partial charge >= 0.3 is 0 Å². The van der Waals surface area contributed by atoms with Gasteiger partial charge in [0.15, 0.2) is 0 Å². The Kier molecular flexibility index (Phi) is 6.04. The number of hydrogen-bond donors (Lipinski definition) is 0. The minimum absolute atomic E-state index is 0.0279. The van der Waals surface area contributed by atoms with E-state index in [2.05, 4.69) is 16.7 Å². The number of amides is 1. The van der Waals surface area contributed by atoms with Gasteiger partial charge in [0.25, 0.3) is 11.6 Å². The van der Waals surface area contributed by atoms with Crippen LogP contribution in [-0.4, -0.2) is 32.4 Å². The number of aromatic nitrogens is 2. The van der Waals surface area contributed by atoms with Crippen molar-refractivity contribution in [3.8, 4) is 11.4 Å². The minimum Gasteiger partial charge on any atom is -0.337 e. The number of nitrogens with zero attached hydrogens (tertiary/aromatic N) is 4. The summed E-state index contributed by atoms with van der Waals surface area (Å²) in [4.78, 5) is 29.1. The number of carbonyl (C=O) groups is 1. The van der Waals surface area contributed by atoms with Gasteiger partial charge in [-0.3, -0.25) is 14.9 Å². The quantitative estimate of drug-likeness (QED) is 0.323. The fourth-order valence-electron chi connectivity index (χ4n) is 2.73. The molecule has 0 saturated carbocycles. The van der Waals surface area contributed by atoms with E-state index in [0.29, 0.717) is 5.82 Å². The lowest BCUT2D eigenvalue weighted by molar-refractivity contribution is -0.384. The molecule has 1 heterocycles. The highest BCUT2D eigenvalue weighted by atomic mass is 35.5. The largest absolute Gasteiger partial charge is 0.337 e. The molecule has 1 aromatic heterocycles. The second kappa shape index (κ2) is 8.66. The third-order valence-corrected chi connectivity index (χ3v) is 4.42. The Morgan fingerprint density at radius 1 is 1.34 bits per heavy atom. The van der Waals surface area contributed by atoms with E-state index in [1.165, 1.54) is 17.0 Å². The molecule has 3 aromatic rings. The lowest BCUT2D eigenvalue weighted by atomic mass is 10.1. The predicted octanol–water partition coefficient (Wildman–Crippen LogP) is 4.44. The van der Waals surface area contributed by atoms with Gasteiger partial charge in [-0.25, -0.2) is 0 Å². The van der Waals surface area contributed by atoms with E-state index in [-0.39, 0.29) is 35.3 Å². The fourth-order valence-corrected chi connectivity index (χ4v) is 2.91. The van der Waals surface area contributed by atoms with Crippen molar-refractivity contribution in [3.05, 3.63) is 87.3 Å². The Balaban J connectivity index is 1.84. The van der Waals surface area contributed by atoms with Crippen LogP contribution < -0.4 is 0 Å². The topological polar surface area (TPSA) is 102 Å². The van der Waals surface area contributed by atoms with Crippen LogP contribution in [-0.2, 0) is 6.54 Å². The molecule has 2 aromatic carbocycles. The van der Waals surface area contributed by atoms with Crippen molar-refractivity contribution in [2.24, 2.45) is 0 Å². The average Bonchev–Trinajstić information content (AvgIpc) is 3.16. The maximum atomic E-state index is 12.9. The number of carbonyl (C=O) groups excluding carboxylic acids is 1. The molecule has 29 heavy (non-hydrogen) atoms. The number of benzene rings is 2. The summed E-state index contributed by atoms with van der Waals surface area (Å²) in [6.45, 7) is 5.83. The Bertz CT molecular complexity index is 1080. The van der Waals surface area contributed by atoms with Gasteiger partial charge in [0.2, 0.25) is 11.7 Å². The van der Waals surface area contributed by atoms with E-state index in [0.717, 1.165) is 17.2 Å². The normalized spacial score (nSPS) is 10.6. The van der Waals surface area contributed by atoms with Crippen molar-refractivity contribution >= 4 is 23.2 Å². The number of nitro benzene ring substituents is 1. The van der Waals surface area contributed by atoms with E-state index >= 15 is 0 Å². The van der Waals surface area contributed by atoms with Gasteiger partial charge in [-0.1, -0.05) is 46.6 Å². The summed E-state index contributed by atoms with van der Waals surface area (Å²) in [5, 5.41) is 15.0. The smallest absolute Gasteiger partial charge is 0.288 e. The summed E-state index contributed by atoms with van der Waals surface area (Å²) in [7, 11) is 0. The number of rotatable bonds is 7. The van der Waals surface area contributed by atoms with Crippen molar-refractivity contribution < 1.29 is 14.2 Å². The van der Waals surface area contributed by atoms with E-state index in [4.69, 9.17) is 16.1 Å². The Morgan fingerprint density at radius 3 is 2.83 bits per heavy atom. The van der Waals surface area contributed by atoms with Gasteiger partial charge in [-0.15, -0.1) is 6.58 Å². The third-order valence-electron chi connectivity index (χ3n) is 4.10. The lowest BCUT2D eigenvalue weighted by Gasteiger charge is -2.19. The molecule has 0 saturated heterocycles. The Hall–Kier alpha value is -3.52. The first-order chi connectivity index (χ1) is 13.9. The number of nitro groups is 1. The highest BCUT2D eigenvalue weighted by molar-refractivity contribution is 6.32. The first-order valence-corrected chi connectivity index (χ1v) is 9.00. The maximum absolute atomic E-state index is 12.9.